The van der Waals surface area contributed by atoms with Gasteiger partial charge in [-0.05, 0) is 19.8 Å². The average molecular weight is 190 g/mol. The molecule has 0 aliphatic carbocycles. The first-order valence-electron chi connectivity index (χ1n) is 4.94. The molecule has 80 valence electrons. The smallest absolute Gasteiger partial charge is 0.116 e. The van der Waals surface area contributed by atoms with Crippen LogP contribution in [0.4, 0.5) is 0 Å². The van der Waals surface area contributed by atoms with Crippen molar-refractivity contribution in [2.75, 3.05) is 7.11 Å². The minimum atomic E-state index is -0.829. The number of ether oxygens (including phenoxy) is 1. The Morgan fingerprint density at radius 1 is 1.23 bits per heavy atom. The number of aliphatic hydroxyl groups is 2. The molecular weight excluding hydrogens is 168 g/mol. The molecule has 0 bridgehead atoms. The topological polar surface area (TPSA) is 49.7 Å². The van der Waals surface area contributed by atoms with Gasteiger partial charge < -0.3 is 14.9 Å². The van der Waals surface area contributed by atoms with E-state index in [9.17, 15) is 10.2 Å². The molecule has 0 fully saturated rings. The van der Waals surface area contributed by atoms with Crippen LogP contribution >= 0.6 is 0 Å². The highest BCUT2D eigenvalue weighted by atomic mass is 16.5. The molecule has 0 saturated carbocycles. The SMILES string of the molecule is CCCC(O)C(C)(OC)C(O)CC. The van der Waals surface area contributed by atoms with Crippen molar-refractivity contribution in [3.8, 4) is 0 Å². The Kier molecular flexibility index (Phi) is 5.53. The number of rotatable bonds is 6. The molecule has 0 heterocycles. The van der Waals surface area contributed by atoms with E-state index in [-0.39, 0.29) is 0 Å². The van der Waals surface area contributed by atoms with E-state index in [0.29, 0.717) is 12.8 Å². The standard InChI is InChI=1S/C10H22O3/c1-5-7-9(12)10(3,13-4)8(11)6-2/h8-9,11-12H,5-7H2,1-4H3. The largest absolute Gasteiger partial charge is 0.390 e. The predicted molar refractivity (Wildman–Crippen MR) is 52.6 cm³/mol. The van der Waals surface area contributed by atoms with E-state index in [4.69, 9.17) is 4.74 Å². The number of hydrogen-bond donors (Lipinski definition) is 2. The van der Waals surface area contributed by atoms with Gasteiger partial charge >= 0.3 is 0 Å². The lowest BCUT2D eigenvalue weighted by Crippen LogP contribution is -2.50. The third-order valence-electron chi connectivity index (χ3n) is 2.71. The van der Waals surface area contributed by atoms with Crippen LogP contribution in [0.5, 0.6) is 0 Å². The Morgan fingerprint density at radius 2 is 1.77 bits per heavy atom. The van der Waals surface area contributed by atoms with Gasteiger partial charge in [-0.3, -0.25) is 0 Å². The van der Waals surface area contributed by atoms with E-state index in [1.165, 1.54) is 7.11 Å². The van der Waals surface area contributed by atoms with Gasteiger partial charge in [0.1, 0.15) is 5.60 Å². The molecular formula is C10H22O3. The Labute approximate surface area is 80.7 Å². The van der Waals surface area contributed by atoms with Crippen molar-refractivity contribution >= 4 is 0 Å². The van der Waals surface area contributed by atoms with E-state index in [2.05, 4.69) is 0 Å². The molecule has 0 aromatic heterocycles. The third kappa shape index (κ3) is 2.93. The molecule has 2 N–H and O–H groups in total. The molecule has 0 spiro atoms. The minimum Gasteiger partial charge on any atom is -0.390 e. The van der Waals surface area contributed by atoms with Crippen molar-refractivity contribution in [3.63, 3.8) is 0 Å². The van der Waals surface area contributed by atoms with Gasteiger partial charge in [-0.25, -0.2) is 0 Å². The lowest BCUT2D eigenvalue weighted by Gasteiger charge is -2.37. The van der Waals surface area contributed by atoms with Gasteiger partial charge in [0.25, 0.3) is 0 Å². The van der Waals surface area contributed by atoms with Gasteiger partial charge in [0, 0.05) is 7.11 Å². The number of aliphatic hydroxyl groups excluding tert-OH is 2. The molecule has 3 atom stereocenters. The van der Waals surface area contributed by atoms with Crippen molar-refractivity contribution in [2.45, 2.75) is 57.8 Å². The zero-order valence-electron chi connectivity index (χ0n) is 9.08. The average Bonchev–Trinajstić information content (AvgIpc) is 2.15. The van der Waals surface area contributed by atoms with E-state index >= 15 is 0 Å². The Morgan fingerprint density at radius 3 is 2.08 bits per heavy atom. The predicted octanol–water partition coefficient (Wildman–Crippen LogP) is 1.32. The van der Waals surface area contributed by atoms with E-state index in [1.54, 1.807) is 6.92 Å². The third-order valence-corrected chi connectivity index (χ3v) is 2.71. The lowest BCUT2D eigenvalue weighted by molar-refractivity contribution is -0.157. The van der Waals surface area contributed by atoms with Crippen LogP contribution in [0.3, 0.4) is 0 Å². The second-order valence-corrected chi connectivity index (χ2v) is 3.62. The summed E-state index contributed by atoms with van der Waals surface area (Å²) in [5.41, 5.74) is -0.829. The zero-order valence-corrected chi connectivity index (χ0v) is 9.08. The summed E-state index contributed by atoms with van der Waals surface area (Å²) in [5.74, 6) is 0. The molecule has 3 nitrogen and oxygen atoms in total. The highest BCUT2D eigenvalue weighted by molar-refractivity contribution is 4.89. The molecule has 3 heteroatoms. The Bertz CT molecular complexity index is 138. The monoisotopic (exact) mass is 190 g/mol. The second-order valence-electron chi connectivity index (χ2n) is 3.62. The van der Waals surface area contributed by atoms with Crippen molar-refractivity contribution in [1.29, 1.82) is 0 Å². The van der Waals surface area contributed by atoms with Crippen LogP contribution in [-0.2, 0) is 4.74 Å². The summed E-state index contributed by atoms with van der Waals surface area (Å²) in [6.45, 7) is 5.62. The molecule has 0 amide bonds. The molecule has 0 saturated heterocycles. The fourth-order valence-electron chi connectivity index (χ4n) is 1.46. The highest BCUT2D eigenvalue weighted by Crippen LogP contribution is 2.24. The van der Waals surface area contributed by atoms with Crippen LogP contribution < -0.4 is 0 Å². The maximum Gasteiger partial charge on any atom is 0.116 e. The van der Waals surface area contributed by atoms with Crippen LogP contribution in [0.2, 0.25) is 0 Å². The summed E-state index contributed by atoms with van der Waals surface area (Å²) in [6, 6.07) is 0. The molecule has 0 aromatic rings. The van der Waals surface area contributed by atoms with Gasteiger partial charge in [-0.15, -0.1) is 0 Å². The first-order chi connectivity index (χ1) is 6.02. The second kappa shape index (κ2) is 5.58. The van der Waals surface area contributed by atoms with Crippen molar-refractivity contribution in [3.05, 3.63) is 0 Å². The molecule has 0 aliphatic rings. The summed E-state index contributed by atoms with van der Waals surface area (Å²) < 4.78 is 5.20. The number of methoxy groups -OCH3 is 1. The zero-order chi connectivity index (χ0) is 10.5. The van der Waals surface area contributed by atoms with Crippen molar-refractivity contribution < 1.29 is 14.9 Å². The fourth-order valence-corrected chi connectivity index (χ4v) is 1.46. The van der Waals surface area contributed by atoms with Crippen LogP contribution in [0, 0.1) is 0 Å². The summed E-state index contributed by atoms with van der Waals surface area (Å²) in [6.07, 6.45) is 0.916. The summed E-state index contributed by atoms with van der Waals surface area (Å²) in [4.78, 5) is 0. The van der Waals surface area contributed by atoms with E-state index in [1.807, 2.05) is 13.8 Å². The van der Waals surface area contributed by atoms with Crippen molar-refractivity contribution in [2.24, 2.45) is 0 Å². The van der Waals surface area contributed by atoms with Crippen LogP contribution in [0.25, 0.3) is 0 Å². The number of hydrogen-bond acceptors (Lipinski definition) is 3. The molecule has 0 radical (unpaired) electrons. The minimum absolute atomic E-state index is 0.588. The maximum absolute atomic E-state index is 9.78. The lowest BCUT2D eigenvalue weighted by atomic mass is 9.88. The fraction of sp³-hybridized carbons (Fsp3) is 1.00. The first kappa shape index (κ1) is 12.9. The van der Waals surface area contributed by atoms with Gasteiger partial charge in [-0.1, -0.05) is 20.3 Å². The summed E-state index contributed by atoms with van der Waals surface area (Å²) in [7, 11) is 1.53. The van der Waals surface area contributed by atoms with Crippen LogP contribution in [-0.4, -0.2) is 35.1 Å². The van der Waals surface area contributed by atoms with E-state index in [0.717, 1.165) is 6.42 Å². The van der Waals surface area contributed by atoms with Gasteiger partial charge in [0.05, 0.1) is 12.2 Å². The molecule has 0 rings (SSSR count). The molecule has 3 unspecified atom stereocenters. The Hall–Kier alpha value is -0.120. The molecule has 0 aliphatic heterocycles. The first-order valence-corrected chi connectivity index (χ1v) is 4.94. The van der Waals surface area contributed by atoms with Crippen LogP contribution in [0.15, 0.2) is 0 Å². The summed E-state index contributed by atoms with van der Waals surface area (Å²) in [5, 5.41) is 19.5. The quantitative estimate of drug-likeness (QED) is 0.664. The summed E-state index contributed by atoms with van der Waals surface area (Å²) >= 11 is 0. The molecule has 0 aromatic carbocycles. The van der Waals surface area contributed by atoms with Gasteiger partial charge in [0.2, 0.25) is 0 Å². The van der Waals surface area contributed by atoms with E-state index < -0.39 is 17.8 Å². The van der Waals surface area contributed by atoms with Gasteiger partial charge in [0.15, 0.2) is 0 Å². The normalized spacial score (nSPS) is 20.8. The Balaban J connectivity index is 4.41. The van der Waals surface area contributed by atoms with Crippen LogP contribution in [0.1, 0.15) is 40.0 Å². The molecule has 13 heavy (non-hydrogen) atoms. The highest BCUT2D eigenvalue weighted by Gasteiger charge is 2.38. The van der Waals surface area contributed by atoms with Crippen molar-refractivity contribution in [1.82, 2.24) is 0 Å². The van der Waals surface area contributed by atoms with Gasteiger partial charge in [-0.2, -0.15) is 0 Å². The maximum atomic E-state index is 9.78.